The van der Waals surface area contributed by atoms with Gasteiger partial charge in [-0.25, -0.2) is 0 Å². The van der Waals surface area contributed by atoms with E-state index >= 15 is 0 Å². The van der Waals surface area contributed by atoms with Gasteiger partial charge in [0.05, 0.1) is 0 Å². The van der Waals surface area contributed by atoms with E-state index in [0.29, 0.717) is 6.42 Å². The molecule has 0 heterocycles. The lowest BCUT2D eigenvalue weighted by Gasteiger charge is -2.03. The van der Waals surface area contributed by atoms with Gasteiger partial charge in [0.15, 0.2) is 0 Å². The van der Waals surface area contributed by atoms with Gasteiger partial charge in [0.2, 0.25) is 0 Å². The zero-order valence-electron chi connectivity index (χ0n) is 18.7. The van der Waals surface area contributed by atoms with Crippen LogP contribution in [0.5, 0.6) is 0 Å². The van der Waals surface area contributed by atoms with Gasteiger partial charge in [-0.1, -0.05) is 122 Å². The number of aliphatic carboxylic acids is 1. The molecular weight excluding hydrogens is 336 g/mol. The molecule has 0 bridgehead atoms. The lowest BCUT2D eigenvalue weighted by Crippen LogP contribution is -1.93. The number of unbranched alkanes of at least 4 members (excludes halogenated alkanes) is 18. The fourth-order valence-corrected chi connectivity index (χ4v) is 3.35. The average molecular weight is 387 g/mol. The average Bonchev–Trinajstić information content (AvgIpc) is 2.64. The van der Waals surface area contributed by atoms with Crippen LogP contribution in [0.25, 0.3) is 0 Å². The predicted molar refractivity (Wildman–Crippen MR) is 118 cm³/mol. The first-order chi connectivity index (χ1) is 13.2. The molecule has 3 heteroatoms. The Bertz CT molecular complexity index is 266. The zero-order chi connectivity index (χ0) is 20.4. The maximum absolute atomic E-state index is 10.4. The number of carboxylic acids is 1. The van der Waals surface area contributed by atoms with E-state index in [2.05, 4.69) is 6.92 Å². The van der Waals surface area contributed by atoms with E-state index < -0.39 is 5.97 Å². The lowest BCUT2D eigenvalue weighted by molar-refractivity contribution is -0.137. The molecule has 0 aromatic carbocycles. The maximum atomic E-state index is 10.4. The van der Waals surface area contributed by atoms with Crippen LogP contribution in [0.2, 0.25) is 0 Å². The van der Waals surface area contributed by atoms with Gasteiger partial charge >= 0.3 is 5.97 Å². The molecule has 0 aromatic heterocycles. The Hall–Kier alpha value is -0.570. The highest BCUT2D eigenvalue weighted by Crippen LogP contribution is 2.14. The molecule has 2 N–H and O–H groups in total. The van der Waals surface area contributed by atoms with Crippen LogP contribution >= 0.6 is 0 Å². The first-order valence-corrected chi connectivity index (χ1v) is 12.0. The summed E-state index contributed by atoms with van der Waals surface area (Å²) < 4.78 is 0. The smallest absolute Gasteiger partial charge is 0.303 e. The second-order valence-corrected chi connectivity index (χ2v) is 7.82. The van der Waals surface area contributed by atoms with Gasteiger partial charge in [-0.3, -0.25) is 4.79 Å². The summed E-state index contributed by atoms with van der Waals surface area (Å²) in [6.45, 7) is 4.21. The fourth-order valence-electron chi connectivity index (χ4n) is 3.35. The Morgan fingerprint density at radius 3 is 0.963 bits per heavy atom. The SMILES string of the molecule is CCCCCCCCCCCCCCCCCCCCCC(=O)O.CCO. The number of carboxylic acid groups (broad SMARTS) is 1. The summed E-state index contributed by atoms with van der Waals surface area (Å²) in [5.41, 5.74) is 0. The molecule has 0 rings (SSSR count). The maximum Gasteiger partial charge on any atom is 0.303 e. The van der Waals surface area contributed by atoms with Crippen LogP contribution in [-0.2, 0) is 4.79 Å². The summed E-state index contributed by atoms with van der Waals surface area (Å²) in [7, 11) is 0. The van der Waals surface area contributed by atoms with E-state index in [1.807, 2.05) is 0 Å². The van der Waals surface area contributed by atoms with Crippen molar-refractivity contribution in [1.82, 2.24) is 0 Å². The molecule has 0 saturated heterocycles. The van der Waals surface area contributed by atoms with Crippen LogP contribution in [0.15, 0.2) is 0 Å². The zero-order valence-corrected chi connectivity index (χ0v) is 18.7. The normalized spacial score (nSPS) is 10.5. The van der Waals surface area contributed by atoms with Crippen LogP contribution in [0, 0.1) is 0 Å². The van der Waals surface area contributed by atoms with Gasteiger partial charge in [0.1, 0.15) is 0 Å². The molecule has 0 aliphatic carbocycles. The van der Waals surface area contributed by atoms with Crippen LogP contribution in [0.4, 0.5) is 0 Å². The van der Waals surface area contributed by atoms with E-state index in [4.69, 9.17) is 10.2 Å². The third kappa shape index (κ3) is 33.4. The Balaban J connectivity index is 0. The Labute approximate surface area is 170 Å². The van der Waals surface area contributed by atoms with Crippen LogP contribution < -0.4 is 0 Å². The molecule has 27 heavy (non-hydrogen) atoms. The third-order valence-electron chi connectivity index (χ3n) is 4.99. The summed E-state index contributed by atoms with van der Waals surface area (Å²) in [6.07, 6.45) is 26.1. The van der Waals surface area contributed by atoms with E-state index in [9.17, 15) is 4.79 Å². The van der Waals surface area contributed by atoms with Crippen molar-refractivity contribution in [3.8, 4) is 0 Å². The van der Waals surface area contributed by atoms with E-state index in [-0.39, 0.29) is 6.61 Å². The summed E-state index contributed by atoms with van der Waals surface area (Å²) in [4.78, 5) is 10.4. The monoisotopic (exact) mass is 386 g/mol. The molecule has 0 aromatic rings. The fraction of sp³-hybridized carbons (Fsp3) is 0.958. The first kappa shape index (κ1) is 28.6. The van der Waals surface area contributed by atoms with Crippen LogP contribution in [0.1, 0.15) is 142 Å². The van der Waals surface area contributed by atoms with Gasteiger partial charge in [-0.15, -0.1) is 0 Å². The Morgan fingerprint density at radius 2 is 0.741 bits per heavy atom. The second kappa shape index (κ2) is 27.6. The minimum Gasteiger partial charge on any atom is -0.481 e. The second-order valence-electron chi connectivity index (χ2n) is 7.82. The molecule has 164 valence electrons. The molecule has 0 unspecified atom stereocenters. The number of hydrogen-bond donors (Lipinski definition) is 2. The molecule has 0 atom stereocenters. The number of hydrogen-bond acceptors (Lipinski definition) is 2. The number of aliphatic hydroxyl groups is 1. The van der Waals surface area contributed by atoms with Gasteiger partial charge in [-0.05, 0) is 13.3 Å². The highest BCUT2D eigenvalue weighted by atomic mass is 16.4. The highest BCUT2D eigenvalue weighted by Gasteiger charge is 1.97. The quantitative estimate of drug-likeness (QED) is 0.209. The molecule has 0 saturated carbocycles. The lowest BCUT2D eigenvalue weighted by atomic mass is 10.0. The summed E-state index contributed by atoms with van der Waals surface area (Å²) >= 11 is 0. The Morgan fingerprint density at radius 1 is 0.519 bits per heavy atom. The summed E-state index contributed by atoms with van der Waals surface area (Å²) in [6, 6.07) is 0. The van der Waals surface area contributed by atoms with Gasteiger partial charge in [-0.2, -0.15) is 0 Å². The van der Waals surface area contributed by atoms with Crippen molar-refractivity contribution in [2.75, 3.05) is 6.61 Å². The molecule has 0 amide bonds. The number of rotatable bonds is 20. The third-order valence-corrected chi connectivity index (χ3v) is 4.99. The van der Waals surface area contributed by atoms with E-state index in [0.717, 1.165) is 12.8 Å². The van der Waals surface area contributed by atoms with Crippen molar-refractivity contribution in [3.05, 3.63) is 0 Å². The molecule has 0 fully saturated rings. The predicted octanol–water partition coefficient (Wildman–Crippen LogP) is 7.89. The van der Waals surface area contributed by atoms with Crippen LogP contribution in [-0.4, -0.2) is 22.8 Å². The standard InChI is InChI=1S/C22H44O2.C2H6O/c1-2-3-4-5-6-7-8-9-10-11-12-13-14-15-16-17-18-19-20-21-22(23)24;1-2-3/h2-21H2,1H3,(H,23,24);3H,2H2,1H3. The molecule has 3 nitrogen and oxygen atoms in total. The van der Waals surface area contributed by atoms with Crippen molar-refractivity contribution < 1.29 is 15.0 Å². The highest BCUT2D eigenvalue weighted by molar-refractivity contribution is 5.66. The molecule has 0 aliphatic rings. The minimum atomic E-state index is -0.651. The molecule has 0 spiro atoms. The summed E-state index contributed by atoms with van der Waals surface area (Å²) in [5.74, 6) is -0.651. The van der Waals surface area contributed by atoms with Crippen LogP contribution in [0.3, 0.4) is 0 Å². The molecule has 0 aliphatic heterocycles. The molecule has 0 radical (unpaired) electrons. The first-order valence-electron chi connectivity index (χ1n) is 12.0. The van der Waals surface area contributed by atoms with Crippen molar-refractivity contribution in [2.24, 2.45) is 0 Å². The van der Waals surface area contributed by atoms with Crippen molar-refractivity contribution in [1.29, 1.82) is 0 Å². The number of carbonyl (C=O) groups is 1. The van der Waals surface area contributed by atoms with Gasteiger partial charge < -0.3 is 10.2 Å². The van der Waals surface area contributed by atoms with E-state index in [1.54, 1.807) is 6.92 Å². The topological polar surface area (TPSA) is 57.5 Å². The molecular formula is C24H50O3. The van der Waals surface area contributed by atoms with Gasteiger partial charge in [0, 0.05) is 13.0 Å². The summed E-state index contributed by atoms with van der Waals surface area (Å²) in [5, 5.41) is 16.1. The largest absolute Gasteiger partial charge is 0.481 e. The Kier molecular flexibility index (Phi) is 29.3. The van der Waals surface area contributed by atoms with E-state index in [1.165, 1.54) is 109 Å². The van der Waals surface area contributed by atoms with Crippen molar-refractivity contribution >= 4 is 5.97 Å². The minimum absolute atomic E-state index is 0.250. The number of aliphatic hydroxyl groups excluding tert-OH is 1. The van der Waals surface area contributed by atoms with Gasteiger partial charge in [0.25, 0.3) is 0 Å². The van der Waals surface area contributed by atoms with Crippen molar-refractivity contribution in [2.45, 2.75) is 142 Å². The van der Waals surface area contributed by atoms with Crippen molar-refractivity contribution in [3.63, 3.8) is 0 Å².